The molecule has 188 valence electrons. The number of hydrogen-bond acceptors (Lipinski definition) is 4. The SMILES string of the molecule is CC(C)(N)C(=O)N[C@H](COCc1c(Cl)cccc1Cl)C(=O)N1CCC2(CCc3ccccc32)CC1. The van der Waals surface area contributed by atoms with E-state index in [4.69, 9.17) is 33.7 Å². The highest BCUT2D eigenvalue weighted by molar-refractivity contribution is 6.35. The first kappa shape index (κ1) is 26.0. The molecule has 1 fully saturated rings. The molecule has 2 aromatic carbocycles. The highest BCUT2D eigenvalue weighted by Gasteiger charge is 2.42. The molecule has 2 amide bonds. The van der Waals surface area contributed by atoms with Crippen molar-refractivity contribution in [1.82, 2.24) is 10.2 Å². The highest BCUT2D eigenvalue weighted by atomic mass is 35.5. The first-order chi connectivity index (χ1) is 16.6. The molecule has 35 heavy (non-hydrogen) atoms. The fraction of sp³-hybridized carbons (Fsp3) is 0.481. The van der Waals surface area contributed by atoms with Crippen molar-refractivity contribution < 1.29 is 14.3 Å². The van der Waals surface area contributed by atoms with Gasteiger partial charge in [0.25, 0.3) is 0 Å². The van der Waals surface area contributed by atoms with Crippen LogP contribution in [0.15, 0.2) is 42.5 Å². The Morgan fingerprint density at radius 3 is 2.40 bits per heavy atom. The lowest BCUT2D eigenvalue weighted by Crippen LogP contribution is -2.59. The third kappa shape index (κ3) is 5.67. The second kappa shape index (κ2) is 10.5. The van der Waals surface area contributed by atoms with Gasteiger partial charge in [0, 0.05) is 28.7 Å². The lowest BCUT2D eigenvalue weighted by Gasteiger charge is -2.41. The molecule has 2 aromatic rings. The van der Waals surface area contributed by atoms with Gasteiger partial charge in [0.15, 0.2) is 0 Å². The number of aryl methyl sites for hydroxylation is 1. The van der Waals surface area contributed by atoms with Crippen LogP contribution in [0.2, 0.25) is 10.0 Å². The van der Waals surface area contributed by atoms with E-state index in [2.05, 4.69) is 29.6 Å². The molecule has 1 aliphatic heterocycles. The van der Waals surface area contributed by atoms with E-state index in [-0.39, 0.29) is 24.5 Å². The van der Waals surface area contributed by atoms with Crippen molar-refractivity contribution in [3.63, 3.8) is 0 Å². The number of halogens is 2. The molecule has 1 saturated heterocycles. The van der Waals surface area contributed by atoms with E-state index in [1.165, 1.54) is 11.1 Å². The predicted molar refractivity (Wildman–Crippen MR) is 139 cm³/mol. The summed E-state index contributed by atoms with van der Waals surface area (Å²) < 4.78 is 5.84. The van der Waals surface area contributed by atoms with Crippen LogP contribution in [0.4, 0.5) is 0 Å². The molecule has 0 bridgehead atoms. The Bertz CT molecular complexity index is 1070. The number of carbonyl (C=O) groups is 2. The Hall–Kier alpha value is -2.12. The van der Waals surface area contributed by atoms with Crippen LogP contribution in [0.25, 0.3) is 0 Å². The topological polar surface area (TPSA) is 84.7 Å². The molecule has 0 unspecified atom stereocenters. The minimum atomic E-state index is -1.12. The third-order valence-electron chi connectivity index (χ3n) is 7.28. The van der Waals surface area contributed by atoms with Gasteiger partial charge in [-0.1, -0.05) is 53.5 Å². The minimum Gasteiger partial charge on any atom is -0.374 e. The van der Waals surface area contributed by atoms with E-state index < -0.39 is 17.5 Å². The molecule has 0 saturated carbocycles. The van der Waals surface area contributed by atoms with Crippen molar-refractivity contribution in [2.45, 2.75) is 63.1 Å². The number of likely N-dealkylation sites (tertiary alicyclic amines) is 1. The molecule has 1 atom stereocenters. The smallest absolute Gasteiger partial charge is 0.247 e. The molecule has 1 heterocycles. The second-order valence-electron chi connectivity index (χ2n) is 10.2. The molecule has 0 radical (unpaired) electrons. The zero-order chi connectivity index (χ0) is 25.2. The second-order valence-corrected chi connectivity index (χ2v) is 11.0. The summed E-state index contributed by atoms with van der Waals surface area (Å²) in [6, 6.07) is 13.0. The van der Waals surface area contributed by atoms with Gasteiger partial charge in [0.2, 0.25) is 11.8 Å². The summed E-state index contributed by atoms with van der Waals surface area (Å²) >= 11 is 12.5. The molecule has 2 aliphatic rings. The maximum atomic E-state index is 13.5. The Labute approximate surface area is 217 Å². The zero-order valence-corrected chi connectivity index (χ0v) is 21.8. The van der Waals surface area contributed by atoms with Crippen molar-refractivity contribution in [3.05, 3.63) is 69.2 Å². The Morgan fingerprint density at radius 1 is 1.09 bits per heavy atom. The van der Waals surface area contributed by atoms with E-state index in [9.17, 15) is 9.59 Å². The van der Waals surface area contributed by atoms with E-state index >= 15 is 0 Å². The first-order valence-electron chi connectivity index (χ1n) is 12.1. The lowest BCUT2D eigenvalue weighted by molar-refractivity contribution is -0.140. The number of benzene rings is 2. The maximum Gasteiger partial charge on any atom is 0.247 e. The summed E-state index contributed by atoms with van der Waals surface area (Å²) in [6.07, 6.45) is 4.04. The van der Waals surface area contributed by atoms with E-state index in [0.717, 1.165) is 25.7 Å². The largest absolute Gasteiger partial charge is 0.374 e. The number of ether oxygens (including phenoxy) is 1. The number of carbonyl (C=O) groups excluding carboxylic acids is 2. The summed E-state index contributed by atoms with van der Waals surface area (Å²) in [5.41, 5.74) is 8.50. The van der Waals surface area contributed by atoms with Gasteiger partial charge in [-0.3, -0.25) is 9.59 Å². The van der Waals surface area contributed by atoms with Crippen LogP contribution in [0, 0.1) is 0 Å². The Morgan fingerprint density at radius 2 is 1.74 bits per heavy atom. The van der Waals surface area contributed by atoms with Crippen LogP contribution in [0.3, 0.4) is 0 Å². The summed E-state index contributed by atoms with van der Waals surface area (Å²) in [4.78, 5) is 28.0. The third-order valence-corrected chi connectivity index (χ3v) is 7.98. The van der Waals surface area contributed by atoms with Crippen LogP contribution >= 0.6 is 23.2 Å². The fourth-order valence-corrected chi connectivity index (χ4v) is 5.63. The molecular weight excluding hydrogens is 485 g/mol. The summed E-state index contributed by atoms with van der Waals surface area (Å²) in [5.74, 6) is -0.567. The number of nitrogens with two attached hydrogens (primary N) is 1. The Balaban J connectivity index is 1.43. The summed E-state index contributed by atoms with van der Waals surface area (Å²) in [7, 11) is 0. The number of fused-ring (bicyclic) bond motifs is 2. The van der Waals surface area contributed by atoms with Crippen molar-refractivity contribution in [2.75, 3.05) is 19.7 Å². The molecule has 4 rings (SSSR count). The summed E-state index contributed by atoms with van der Waals surface area (Å²) in [6.45, 7) is 4.62. The molecule has 1 spiro atoms. The maximum absolute atomic E-state index is 13.5. The summed E-state index contributed by atoms with van der Waals surface area (Å²) in [5, 5.41) is 3.78. The van der Waals surface area contributed by atoms with Crippen molar-refractivity contribution >= 4 is 35.0 Å². The first-order valence-corrected chi connectivity index (χ1v) is 12.8. The van der Waals surface area contributed by atoms with Gasteiger partial charge in [-0.15, -0.1) is 0 Å². The predicted octanol–water partition coefficient (Wildman–Crippen LogP) is 4.24. The normalized spacial score (nSPS) is 17.8. The molecule has 0 aromatic heterocycles. The molecular formula is C27H33Cl2N3O3. The van der Waals surface area contributed by atoms with Crippen molar-refractivity contribution in [1.29, 1.82) is 0 Å². The number of nitrogens with zero attached hydrogens (tertiary/aromatic N) is 1. The standard InChI is InChI=1S/C27H33Cl2N3O3/c1-26(2,30)25(34)31-23(17-35-16-19-21(28)8-5-9-22(19)29)24(33)32-14-12-27(13-15-32)11-10-18-6-3-4-7-20(18)27/h3-9,23H,10-17,30H2,1-2H3,(H,31,34)/t23-/m1/s1. The lowest BCUT2D eigenvalue weighted by atomic mass is 9.74. The molecule has 6 nitrogen and oxygen atoms in total. The number of rotatable bonds is 7. The zero-order valence-electron chi connectivity index (χ0n) is 20.3. The average Bonchev–Trinajstić information content (AvgIpc) is 3.17. The number of piperidine rings is 1. The highest BCUT2D eigenvalue weighted by Crippen LogP contribution is 2.46. The number of hydrogen-bond donors (Lipinski definition) is 2. The van der Waals surface area contributed by atoms with E-state index in [1.807, 2.05) is 4.90 Å². The van der Waals surface area contributed by atoms with Crippen LogP contribution in [0.5, 0.6) is 0 Å². The van der Waals surface area contributed by atoms with Gasteiger partial charge >= 0.3 is 0 Å². The van der Waals surface area contributed by atoms with Gasteiger partial charge in [-0.25, -0.2) is 0 Å². The Kier molecular flexibility index (Phi) is 7.77. The van der Waals surface area contributed by atoms with Gasteiger partial charge < -0.3 is 20.7 Å². The van der Waals surface area contributed by atoms with Crippen LogP contribution in [-0.2, 0) is 32.8 Å². The molecule has 8 heteroatoms. The van der Waals surface area contributed by atoms with Crippen molar-refractivity contribution in [2.24, 2.45) is 5.73 Å². The molecule has 1 aliphatic carbocycles. The van der Waals surface area contributed by atoms with Gasteiger partial charge in [-0.05, 0) is 68.2 Å². The van der Waals surface area contributed by atoms with Gasteiger partial charge in [0.1, 0.15) is 6.04 Å². The number of nitrogens with one attached hydrogen (secondary N) is 1. The van der Waals surface area contributed by atoms with E-state index in [0.29, 0.717) is 28.7 Å². The average molecular weight is 518 g/mol. The van der Waals surface area contributed by atoms with Crippen molar-refractivity contribution in [3.8, 4) is 0 Å². The quantitative estimate of drug-likeness (QED) is 0.575. The monoisotopic (exact) mass is 517 g/mol. The van der Waals surface area contributed by atoms with Crippen LogP contribution in [0.1, 0.15) is 49.8 Å². The van der Waals surface area contributed by atoms with Crippen LogP contribution < -0.4 is 11.1 Å². The van der Waals surface area contributed by atoms with Gasteiger partial charge in [-0.2, -0.15) is 0 Å². The van der Waals surface area contributed by atoms with E-state index in [1.54, 1.807) is 32.0 Å². The molecule has 3 N–H and O–H groups in total. The minimum absolute atomic E-state index is 0.00726. The van der Waals surface area contributed by atoms with Gasteiger partial charge in [0.05, 0.1) is 18.8 Å². The fourth-order valence-electron chi connectivity index (χ4n) is 5.13. The van der Waals surface area contributed by atoms with Crippen LogP contribution in [-0.4, -0.2) is 48.0 Å². The number of amides is 2.